The molecular formula is C23H25N5O4. The average Bonchev–Trinajstić information content (AvgIpc) is 3.28. The zero-order chi connectivity index (χ0) is 22.5. The van der Waals surface area contributed by atoms with Gasteiger partial charge in [0.05, 0.1) is 24.9 Å². The number of anilines is 1. The first-order chi connectivity index (χ1) is 15.5. The van der Waals surface area contributed by atoms with E-state index in [0.717, 1.165) is 24.4 Å². The molecular weight excluding hydrogens is 410 g/mol. The topological polar surface area (TPSA) is 124 Å². The van der Waals surface area contributed by atoms with Gasteiger partial charge in [0, 0.05) is 11.5 Å². The lowest BCUT2D eigenvalue weighted by Crippen LogP contribution is -2.38. The summed E-state index contributed by atoms with van der Waals surface area (Å²) in [6, 6.07) is 14.2. The minimum Gasteiger partial charge on any atom is -0.497 e. The van der Waals surface area contributed by atoms with Crippen LogP contribution in [0.4, 0.5) is 5.69 Å². The molecule has 0 atom stereocenters. The third-order valence-electron chi connectivity index (χ3n) is 5.58. The van der Waals surface area contributed by atoms with Gasteiger partial charge in [0.2, 0.25) is 17.6 Å². The number of amides is 2. The lowest BCUT2D eigenvalue weighted by Gasteiger charge is -2.30. The van der Waals surface area contributed by atoms with Crippen LogP contribution in [0.5, 0.6) is 5.75 Å². The number of ether oxygens (including phenoxy) is 1. The van der Waals surface area contributed by atoms with Crippen LogP contribution in [0.2, 0.25) is 0 Å². The molecule has 1 saturated heterocycles. The molecule has 4 rings (SSSR count). The van der Waals surface area contributed by atoms with Crippen LogP contribution in [0.1, 0.15) is 29.1 Å². The van der Waals surface area contributed by atoms with E-state index in [1.165, 1.54) is 0 Å². The molecule has 2 amide bonds. The summed E-state index contributed by atoms with van der Waals surface area (Å²) < 4.78 is 10.6. The van der Waals surface area contributed by atoms with Crippen molar-refractivity contribution in [3.8, 4) is 17.1 Å². The number of carbonyl (C=O) groups excluding carboxylic acids is 2. The van der Waals surface area contributed by atoms with E-state index in [1.54, 1.807) is 31.4 Å². The van der Waals surface area contributed by atoms with Crippen molar-refractivity contribution in [1.29, 1.82) is 0 Å². The third-order valence-corrected chi connectivity index (χ3v) is 5.58. The number of methoxy groups -OCH3 is 1. The van der Waals surface area contributed by atoms with Crippen LogP contribution in [-0.4, -0.2) is 47.1 Å². The Morgan fingerprint density at radius 1 is 1.16 bits per heavy atom. The normalized spacial score (nSPS) is 14.8. The molecule has 32 heavy (non-hydrogen) atoms. The number of nitrogens with two attached hydrogens (primary N) is 1. The molecule has 0 bridgehead atoms. The monoisotopic (exact) mass is 435 g/mol. The second-order valence-corrected chi connectivity index (χ2v) is 7.69. The van der Waals surface area contributed by atoms with Crippen molar-refractivity contribution < 1.29 is 18.8 Å². The van der Waals surface area contributed by atoms with Crippen molar-refractivity contribution in [3.63, 3.8) is 0 Å². The van der Waals surface area contributed by atoms with Gasteiger partial charge in [-0.25, -0.2) is 0 Å². The van der Waals surface area contributed by atoms with Gasteiger partial charge in [0.1, 0.15) is 5.75 Å². The zero-order valence-electron chi connectivity index (χ0n) is 17.8. The van der Waals surface area contributed by atoms with E-state index < -0.39 is 5.91 Å². The van der Waals surface area contributed by atoms with Crippen molar-refractivity contribution in [3.05, 3.63) is 60.0 Å². The van der Waals surface area contributed by atoms with Crippen LogP contribution < -0.4 is 15.8 Å². The maximum absolute atomic E-state index is 12.7. The SMILES string of the molecule is COc1ccc(-c2noc(CN3CCC(C(=O)Nc4ccccc4C(N)=O)CC3)n2)cc1. The molecule has 9 nitrogen and oxygen atoms in total. The average molecular weight is 435 g/mol. The van der Waals surface area contributed by atoms with Crippen molar-refractivity contribution in [1.82, 2.24) is 15.0 Å². The number of benzene rings is 2. The summed E-state index contributed by atoms with van der Waals surface area (Å²) in [7, 11) is 1.62. The fourth-order valence-corrected chi connectivity index (χ4v) is 3.76. The molecule has 1 fully saturated rings. The summed E-state index contributed by atoms with van der Waals surface area (Å²) in [5, 5.41) is 6.91. The summed E-state index contributed by atoms with van der Waals surface area (Å²) >= 11 is 0. The minimum absolute atomic E-state index is 0.0991. The molecule has 9 heteroatoms. The van der Waals surface area contributed by atoms with Crippen molar-refractivity contribution in [2.45, 2.75) is 19.4 Å². The molecule has 0 radical (unpaired) electrons. The maximum atomic E-state index is 12.7. The van der Waals surface area contributed by atoms with Gasteiger partial charge in [-0.05, 0) is 62.3 Å². The smallest absolute Gasteiger partial charge is 0.250 e. The van der Waals surface area contributed by atoms with Crippen LogP contribution >= 0.6 is 0 Å². The summed E-state index contributed by atoms with van der Waals surface area (Å²) in [5.74, 6) is 1.04. The Kier molecular flexibility index (Phi) is 6.46. The summed E-state index contributed by atoms with van der Waals surface area (Å²) in [5.41, 5.74) is 7.00. The van der Waals surface area contributed by atoms with Crippen LogP contribution in [0.15, 0.2) is 53.1 Å². The van der Waals surface area contributed by atoms with E-state index in [2.05, 4.69) is 20.4 Å². The molecule has 3 aromatic rings. The highest BCUT2D eigenvalue weighted by Gasteiger charge is 2.26. The Morgan fingerprint density at radius 3 is 2.56 bits per heavy atom. The second kappa shape index (κ2) is 9.61. The molecule has 1 aliphatic heterocycles. The van der Waals surface area contributed by atoms with Gasteiger partial charge in [0.25, 0.3) is 5.91 Å². The molecule has 0 saturated carbocycles. The number of carbonyl (C=O) groups is 2. The number of aromatic nitrogens is 2. The van der Waals surface area contributed by atoms with Gasteiger partial charge >= 0.3 is 0 Å². The number of nitrogens with one attached hydrogen (secondary N) is 1. The van der Waals surface area contributed by atoms with Crippen molar-refractivity contribution in [2.24, 2.45) is 11.7 Å². The van der Waals surface area contributed by atoms with Crippen LogP contribution in [0.25, 0.3) is 11.4 Å². The summed E-state index contributed by atoms with van der Waals surface area (Å²) in [4.78, 5) is 30.9. The highest BCUT2D eigenvalue weighted by Crippen LogP contribution is 2.24. The maximum Gasteiger partial charge on any atom is 0.250 e. The van der Waals surface area contributed by atoms with Gasteiger partial charge in [-0.2, -0.15) is 4.98 Å². The molecule has 3 N–H and O–H groups in total. The van der Waals surface area contributed by atoms with Gasteiger partial charge in [-0.1, -0.05) is 17.3 Å². The van der Waals surface area contributed by atoms with Crippen LogP contribution in [-0.2, 0) is 11.3 Å². The van der Waals surface area contributed by atoms with Crippen LogP contribution in [0, 0.1) is 5.92 Å². The molecule has 0 spiro atoms. The number of piperidine rings is 1. The predicted octanol–water partition coefficient (Wildman–Crippen LogP) is 2.69. The molecule has 1 aromatic heterocycles. The first-order valence-corrected chi connectivity index (χ1v) is 10.4. The first kappa shape index (κ1) is 21.5. The van der Waals surface area contributed by atoms with Gasteiger partial charge < -0.3 is 20.3 Å². The fraction of sp³-hybridized carbons (Fsp3) is 0.304. The Hall–Kier alpha value is -3.72. The quantitative estimate of drug-likeness (QED) is 0.585. The number of hydrogen-bond acceptors (Lipinski definition) is 7. The highest BCUT2D eigenvalue weighted by molar-refractivity contribution is 6.03. The fourth-order valence-electron chi connectivity index (χ4n) is 3.76. The van der Waals surface area contributed by atoms with Gasteiger partial charge in [0.15, 0.2) is 0 Å². The highest BCUT2D eigenvalue weighted by atomic mass is 16.5. The Bertz CT molecular complexity index is 1090. The summed E-state index contributed by atoms with van der Waals surface area (Å²) in [6.45, 7) is 1.99. The van der Waals surface area contributed by atoms with E-state index in [9.17, 15) is 9.59 Å². The second-order valence-electron chi connectivity index (χ2n) is 7.69. The zero-order valence-corrected chi connectivity index (χ0v) is 17.8. The molecule has 0 unspecified atom stereocenters. The number of rotatable bonds is 7. The van der Waals surface area contributed by atoms with Gasteiger partial charge in [-0.15, -0.1) is 0 Å². The van der Waals surface area contributed by atoms with E-state index in [1.807, 2.05) is 24.3 Å². The Labute approximate surface area is 185 Å². The molecule has 166 valence electrons. The lowest BCUT2D eigenvalue weighted by molar-refractivity contribution is -0.121. The van der Waals surface area contributed by atoms with Crippen LogP contribution in [0.3, 0.4) is 0 Å². The minimum atomic E-state index is -0.565. The number of hydrogen-bond donors (Lipinski definition) is 2. The lowest BCUT2D eigenvalue weighted by atomic mass is 9.95. The number of likely N-dealkylation sites (tertiary alicyclic amines) is 1. The number of para-hydroxylation sites is 1. The molecule has 2 heterocycles. The number of primary amides is 1. The third kappa shape index (κ3) is 4.94. The largest absolute Gasteiger partial charge is 0.497 e. The van der Waals surface area contributed by atoms with E-state index in [-0.39, 0.29) is 11.8 Å². The first-order valence-electron chi connectivity index (χ1n) is 10.4. The van der Waals surface area contributed by atoms with Crippen molar-refractivity contribution in [2.75, 3.05) is 25.5 Å². The Morgan fingerprint density at radius 2 is 1.88 bits per heavy atom. The Balaban J connectivity index is 1.30. The van der Waals surface area contributed by atoms with E-state index in [0.29, 0.717) is 42.4 Å². The summed E-state index contributed by atoms with van der Waals surface area (Å²) in [6.07, 6.45) is 1.40. The van der Waals surface area contributed by atoms with Gasteiger partial charge in [-0.3, -0.25) is 14.5 Å². The standard InChI is InChI=1S/C23H25N5O4/c1-31-17-8-6-15(7-9-17)22-26-20(32-27-22)14-28-12-10-16(11-13-28)23(30)25-19-5-3-2-4-18(19)21(24)29/h2-9,16H,10-14H2,1H3,(H2,24,29)(H,25,30). The molecule has 2 aromatic carbocycles. The van der Waals surface area contributed by atoms with Crippen molar-refractivity contribution >= 4 is 17.5 Å². The molecule has 1 aliphatic rings. The predicted molar refractivity (Wildman–Crippen MR) is 118 cm³/mol. The number of nitrogens with zero attached hydrogens (tertiary/aromatic N) is 3. The molecule has 0 aliphatic carbocycles. The van der Waals surface area contributed by atoms with E-state index >= 15 is 0 Å². The van der Waals surface area contributed by atoms with E-state index in [4.69, 9.17) is 15.0 Å².